The number of aliphatic hydroxyl groups excluding tert-OH is 1. The first-order valence-electron chi connectivity index (χ1n) is 6.71. The summed E-state index contributed by atoms with van der Waals surface area (Å²) in [7, 11) is 0. The Kier molecular flexibility index (Phi) is 3.40. The van der Waals surface area contributed by atoms with Gasteiger partial charge < -0.3 is 5.11 Å². The maximum Gasteiger partial charge on any atom is 0.0957 e. The SMILES string of the molecule is Cc1nc(CC(O)C2CN3CCN2CC3)sc1C. The zero-order valence-corrected chi connectivity index (χ0v) is 11.9. The predicted octanol–water partition coefficient (Wildman–Crippen LogP) is 0.663. The van der Waals surface area contributed by atoms with Crippen molar-refractivity contribution in [1.29, 1.82) is 0 Å². The molecule has 2 bridgehead atoms. The lowest BCUT2D eigenvalue weighted by atomic mass is 10.0. The first kappa shape index (κ1) is 12.5. The molecule has 2 unspecified atom stereocenters. The molecule has 100 valence electrons. The lowest BCUT2D eigenvalue weighted by Gasteiger charge is -2.49. The van der Waals surface area contributed by atoms with Crippen molar-refractivity contribution in [3.8, 4) is 0 Å². The second-order valence-corrected chi connectivity index (χ2v) is 6.71. The summed E-state index contributed by atoms with van der Waals surface area (Å²) in [5.41, 5.74) is 1.11. The number of hydrogen-bond donors (Lipinski definition) is 1. The number of thiazole rings is 1. The van der Waals surface area contributed by atoms with Crippen LogP contribution in [-0.4, -0.2) is 64.8 Å². The summed E-state index contributed by atoms with van der Waals surface area (Å²) in [5.74, 6) is 0. The summed E-state index contributed by atoms with van der Waals surface area (Å²) in [6, 6.07) is 0.303. The molecule has 1 N–H and O–H groups in total. The van der Waals surface area contributed by atoms with Gasteiger partial charge in [0.25, 0.3) is 0 Å². The third-order valence-electron chi connectivity index (χ3n) is 4.22. The van der Waals surface area contributed by atoms with Gasteiger partial charge in [0.1, 0.15) is 0 Å². The molecule has 0 amide bonds. The van der Waals surface area contributed by atoms with Crippen molar-refractivity contribution in [1.82, 2.24) is 14.8 Å². The van der Waals surface area contributed by atoms with E-state index in [0.29, 0.717) is 12.5 Å². The molecule has 3 saturated heterocycles. The Morgan fingerprint density at radius 3 is 2.56 bits per heavy atom. The van der Waals surface area contributed by atoms with Gasteiger partial charge in [-0.1, -0.05) is 0 Å². The lowest BCUT2D eigenvalue weighted by Crippen LogP contribution is -2.64. The highest BCUT2D eigenvalue weighted by molar-refractivity contribution is 7.11. The first-order chi connectivity index (χ1) is 8.63. The van der Waals surface area contributed by atoms with Gasteiger partial charge in [0.2, 0.25) is 0 Å². The summed E-state index contributed by atoms with van der Waals surface area (Å²) in [6.45, 7) is 9.71. The molecule has 18 heavy (non-hydrogen) atoms. The van der Waals surface area contributed by atoms with E-state index in [4.69, 9.17) is 0 Å². The molecule has 5 heteroatoms. The molecule has 0 radical (unpaired) electrons. The van der Waals surface area contributed by atoms with Gasteiger partial charge in [-0.2, -0.15) is 0 Å². The average Bonchev–Trinajstić information content (AvgIpc) is 2.69. The van der Waals surface area contributed by atoms with Crippen molar-refractivity contribution in [2.45, 2.75) is 32.4 Å². The van der Waals surface area contributed by atoms with E-state index < -0.39 is 0 Å². The molecule has 1 aromatic heterocycles. The number of nitrogens with zero attached hydrogens (tertiary/aromatic N) is 3. The van der Waals surface area contributed by atoms with Crippen LogP contribution in [0.3, 0.4) is 0 Å². The van der Waals surface area contributed by atoms with E-state index >= 15 is 0 Å². The van der Waals surface area contributed by atoms with Gasteiger partial charge in [0, 0.05) is 50.1 Å². The Labute approximate surface area is 112 Å². The summed E-state index contributed by atoms with van der Waals surface area (Å²) in [6.07, 6.45) is 0.423. The minimum atomic E-state index is -0.280. The van der Waals surface area contributed by atoms with Gasteiger partial charge in [0.05, 0.1) is 16.8 Å². The number of aryl methyl sites for hydroxylation is 2. The Morgan fingerprint density at radius 1 is 1.33 bits per heavy atom. The molecule has 3 aliphatic heterocycles. The van der Waals surface area contributed by atoms with Crippen LogP contribution in [0.4, 0.5) is 0 Å². The highest BCUT2D eigenvalue weighted by Crippen LogP contribution is 2.23. The van der Waals surface area contributed by atoms with E-state index in [-0.39, 0.29) is 6.10 Å². The van der Waals surface area contributed by atoms with Crippen LogP contribution in [-0.2, 0) is 6.42 Å². The number of fused-ring (bicyclic) bond motifs is 3. The summed E-state index contributed by atoms with van der Waals surface area (Å²) in [5, 5.41) is 11.5. The van der Waals surface area contributed by atoms with Gasteiger partial charge in [-0.3, -0.25) is 9.80 Å². The Balaban J connectivity index is 1.66. The van der Waals surface area contributed by atoms with Crippen LogP contribution >= 0.6 is 11.3 Å². The average molecular weight is 267 g/mol. The molecule has 3 fully saturated rings. The largest absolute Gasteiger partial charge is 0.391 e. The Hall–Kier alpha value is -0.490. The fourth-order valence-corrected chi connectivity index (χ4v) is 3.95. The highest BCUT2D eigenvalue weighted by atomic mass is 32.1. The zero-order valence-electron chi connectivity index (χ0n) is 11.1. The van der Waals surface area contributed by atoms with Crippen LogP contribution in [0.2, 0.25) is 0 Å². The van der Waals surface area contributed by atoms with Crippen molar-refractivity contribution in [3.05, 3.63) is 15.6 Å². The van der Waals surface area contributed by atoms with Gasteiger partial charge in [0.15, 0.2) is 0 Å². The summed E-state index contributed by atoms with van der Waals surface area (Å²) in [4.78, 5) is 10.7. The molecule has 2 atom stereocenters. The maximum absolute atomic E-state index is 10.4. The number of aromatic nitrogens is 1. The smallest absolute Gasteiger partial charge is 0.0957 e. The van der Waals surface area contributed by atoms with E-state index in [1.54, 1.807) is 11.3 Å². The van der Waals surface area contributed by atoms with Crippen LogP contribution in [0.5, 0.6) is 0 Å². The third-order valence-corrected chi connectivity index (χ3v) is 5.32. The molecule has 0 spiro atoms. The monoisotopic (exact) mass is 267 g/mol. The van der Waals surface area contributed by atoms with Gasteiger partial charge >= 0.3 is 0 Å². The number of aliphatic hydroxyl groups is 1. The van der Waals surface area contributed by atoms with Crippen LogP contribution in [0.25, 0.3) is 0 Å². The van der Waals surface area contributed by atoms with E-state index in [0.717, 1.165) is 30.3 Å². The van der Waals surface area contributed by atoms with E-state index in [9.17, 15) is 5.11 Å². The van der Waals surface area contributed by atoms with E-state index in [1.165, 1.54) is 18.0 Å². The number of hydrogen-bond acceptors (Lipinski definition) is 5. The minimum absolute atomic E-state index is 0.280. The lowest BCUT2D eigenvalue weighted by molar-refractivity contribution is -0.0453. The van der Waals surface area contributed by atoms with Crippen LogP contribution in [0.15, 0.2) is 0 Å². The number of piperazine rings is 3. The quantitative estimate of drug-likeness (QED) is 0.873. The van der Waals surface area contributed by atoms with Crippen molar-refractivity contribution in [3.63, 3.8) is 0 Å². The van der Waals surface area contributed by atoms with Crippen LogP contribution in [0, 0.1) is 13.8 Å². The standard InChI is InChI=1S/C13H21N3OS/c1-9-10(2)18-13(14-9)7-12(17)11-8-15-3-5-16(11)6-4-15/h11-12,17H,3-8H2,1-2H3. The Bertz CT molecular complexity index is 406. The van der Waals surface area contributed by atoms with Crippen LogP contribution < -0.4 is 0 Å². The molecule has 4 heterocycles. The highest BCUT2D eigenvalue weighted by Gasteiger charge is 2.36. The molecule has 0 aromatic carbocycles. The molecule has 4 rings (SSSR count). The maximum atomic E-state index is 10.4. The number of rotatable bonds is 3. The second kappa shape index (κ2) is 4.89. The topological polar surface area (TPSA) is 39.6 Å². The van der Waals surface area contributed by atoms with Crippen LogP contribution in [0.1, 0.15) is 15.6 Å². The van der Waals surface area contributed by atoms with Gasteiger partial charge in [-0.05, 0) is 13.8 Å². The van der Waals surface area contributed by atoms with Crippen molar-refractivity contribution >= 4 is 11.3 Å². The third kappa shape index (κ3) is 2.32. The second-order valence-electron chi connectivity index (χ2n) is 5.42. The summed E-state index contributed by atoms with van der Waals surface area (Å²) >= 11 is 1.72. The van der Waals surface area contributed by atoms with Gasteiger partial charge in [-0.15, -0.1) is 11.3 Å². The minimum Gasteiger partial charge on any atom is -0.391 e. The zero-order chi connectivity index (χ0) is 12.7. The molecular weight excluding hydrogens is 246 g/mol. The molecule has 0 aliphatic carbocycles. The van der Waals surface area contributed by atoms with Crippen molar-refractivity contribution in [2.75, 3.05) is 32.7 Å². The van der Waals surface area contributed by atoms with E-state index in [1.807, 2.05) is 6.92 Å². The molecule has 1 aromatic rings. The van der Waals surface area contributed by atoms with Crippen molar-refractivity contribution in [2.24, 2.45) is 0 Å². The fraction of sp³-hybridized carbons (Fsp3) is 0.769. The normalized spacial score (nSPS) is 32.7. The fourth-order valence-electron chi connectivity index (χ4n) is 2.96. The summed E-state index contributed by atoms with van der Waals surface area (Å²) < 4.78 is 0. The molecule has 0 saturated carbocycles. The van der Waals surface area contributed by atoms with Crippen molar-refractivity contribution < 1.29 is 5.11 Å². The molecule has 4 nitrogen and oxygen atoms in total. The van der Waals surface area contributed by atoms with Gasteiger partial charge in [-0.25, -0.2) is 4.98 Å². The Morgan fingerprint density at radius 2 is 2.06 bits per heavy atom. The van der Waals surface area contributed by atoms with E-state index in [2.05, 4.69) is 21.7 Å². The molecule has 3 aliphatic rings. The molecular formula is C13H21N3OS. The first-order valence-corrected chi connectivity index (χ1v) is 7.52. The predicted molar refractivity (Wildman–Crippen MR) is 73.1 cm³/mol.